The zero-order valence-electron chi connectivity index (χ0n) is 16.4. The van der Waals surface area contributed by atoms with Gasteiger partial charge in [-0.25, -0.2) is 4.79 Å². The summed E-state index contributed by atoms with van der Waals surface area (Å²) in [6.07, 6.45) is 5.43. The molecule has 4 rings (SSSR count). The highest BCUT2D eigenvalue weighted by molar-refractivity contribution is 5.95. The van der Waals surface area contributed by atoms with Crippen LogP contribution >= 0.6 is 0 Å². The number of rotatable bonds is 5. The summed E-state index contributed by atoms with van der Waals surface area (Å²) >= 11 is 0. The number of aromatic nitrogens is 2. The number of para-hydroxylation sites is 1. The molecule has 1 aromatic carbocycles. The van der Waals surface area contributed by atoms with Crippen LogP contribution in [0.1, 0.15) is 37.9 Å². The summed E-state index contributed by atoms with van der Waals surface area (Å²) in [6.45, 7) is 0.267. The molecule has 0 saturated carbocycles. The van der Waals surface area contributed by atoms with Crippen molar-refractivity contribution in [1.29, 1.82) is 0 Å². The van der Waals surface area contributed by atoms with E-state index >= 15 is 0 Å². The van der Waals surface area contributed by atoms with Crippen molar-refractivity contribution in [3.05, 3.63) is 30.1 Å². The van der Waals surface area contributed by atoms with Crippen molar-refractivity contribution in [1.82, 2.24) is 15.0 Å². The molecule has 2 unspecified atom stereocenters. The smallest absolute Gasteiger partial charge is 0.319 e. The van der Waals surface area contributed by atoms with Gasteiger partial charge in [-0.2, -0.15) is 4.98 Å². The van der Waals surface area contributed by atoms with Gasteiger partial charge in [-0.15, -0.1) is 0 Å². The quantitative estimate of drug-likeness (QED) is 0.850. The van der Waals surface area contributed by atoms with Gasteiger partial charge in [0.15, 0.2) is 5.82 Å². The van der Waals surface area contributed by atoms with Gasteiger partial charge in [0, 0.05) is 25.2 Å². The van der Waals surface area contributed by atoms with Gasteiger partial charge < -0.3 is 19.9 Å². The minimum atomic E-state index is -0.447. The second-order valence-electron chi connectivity index (χ2n) is 7.70. The summed E-state index contributed by atoms with van der Waals surface area (Å²) in [4.78, 5) is 21.1. The number of hydrogen-bond acceptors (Lipinski definition) is 6. The fraction of sp³-hybridized carbons (Fsp3) is 0.550. The lowest BCUT2D eigenvalue weighted by atomic mass is 9.81. The summed E-state index contributed by atoms with van der Waals surface area (Å²) in [5.41, 5.74) is 7.30. The molecule has 0 radical (unpaired) electrons. The third kappa shape index (κ3) is 3.49. The van der Waals surface area contributed by atoms with Crippen LogP contribution in [0.5, 0.6) is 0 Å². The molecule has 0 spiro atoms. The Kier molecular flexibility index (Phi) is 5.32. The molecule has 2 bridgehead atoms. The Morgan fingerprint density at radius 3 is 2.71 bits per heavy atom. The number of nitrogens with two attached hydrogens (primary N) is 1. The predicted octanol–water partition coefficient (Wildman–Crippen LogP) is 2.78. The van der Waals surface area contributed by atoms with Crippen LogP contribution in [0.2, 0.25) is 0 Å². The number of fused-ring (bicyclic) bond motifs is 2. The van der Waals surface area contributed by atoms with E-state index in [2.05, 4.69) is 22.1 Å². The Balaban J connectivity index is 1.68. The first-order valence-corrected chi connectivity index (χ1v) is 9.80. The normalized spacial score (nSPS) is 24.9. The zero-order valence-corrected chi connectivity index (χ0v) is 16.4. The molecule has 0 aliphatic carbocycles. The number of primary amides is 1. The Bertz CT molecular complexity index is 825. The molecule has 28 heavy (non-hydrogen) atoms. The number of benzene rings is 1. The molecule has 3 heterocycles. The molecule has 2 N–H and O–H groups in total. The molecular weight excluding hydrogens is 358 g/mol. The SMILES string of the molecule is COCc1noc(-c2ccccc2N(C(N)=O)C2CC3CCCC(C2)N3C)n1. The molecule has 150 valence electrons. The largest absolute Gasteiger partial charge is 0.377 e. The minimum absolute atomic E-state index is 0.0616. The number of methoxy groups -OCH3 is 1. The monoisotopic (exact) mass is 385 g/mol. The summed E-state index contributed by atoms with van der Waals surface area (Å²) in [5.74, 6) is 0.828. The number of urea groups is 1. The molecule has 1 aromatic heterocycles. The second-order valence-corrected chi connectivity index (χ2v) is 7.70. The highest BCUT2D eigenvalue weighted by Crippen LogP contribution is 2.38. The van der Waals surface area contributed by atoms with E-state index in [0.29, 0.717) is 29.4 Å². The van der Waals surface area contributed by atoms with E-state index in [-0.39, 0.29) is 12.6 Å². The number of amides is 2. The van der Waals surface area contributed by atoms with Crippen LogP contribution in [0.25, 0.3) is 11.5 Å². The van der Waals surface area contributed by atoms with Gasteiger partial charge in [-0.05, 0) is 44.9 Å². The maximum atomic E-state index is 12.5. The molecule has 8 heteroatoms. The van der Waals surface area contributed by atoms with Crippen LogP contribution in [0.15, 0.2) is 28.8 Å². The molecule has 2 aliphatic heterocycles. The standard InChI is InChI=1S/C20H27N5O3/c1-24-13-6-5-7-14(24)11-15(10-13)25(20(21)26)17-9-4-3-8-16(17)19-22-18(12-27-2)23-28-19/h3-4,8-9,13-15H,5-7,10-12H2,1-2H3,(H2,21,26). The van der Waals surface area contributed by atoms with Gasteiger partial charge in [0.05, 0.1) is 11.3 Å². The van der Waals surface area contributed by atoms with Gasteiger partial charge in [0.25, 0.3) is 5.89 Å². The maximum Gasteiger partial charge on any atom is 0.319 e. The maximum absolute atomic E-state index is 12.5. The molecular formula is C20H27N5O3. The highest BCUT2D eigenvalue weighted by Gasteiger charge is 2.40. The average molecular weight is 385 g/mol. The average Bonchev–Trinajstić information content (AvgIpc) is 3.11. The van der Waals surface area contributed by atoms with Crippen molar-refractivity contribution in [3.63, 3.8) is 0 Å². The van der Waals surface area contributed by atoms with E-state index in [1.54, 1.807) is 12.0 Å². The summed E-state index contributed by atoms with van der Waals surface area (Å²) in [6, 6.07) is 8.16. The molecule has 2 fully saturated rings. The summed E-state index contributed by atoms with van der Waals surface area (Å²) in [7, 11) is 3.78. The van der Waals surface area contributed by atoms with Crippen molar-refractivity contribution < 1.29 is 14.1 Å². The van der Waals surface area contributed by atoms with Crippen molar-refractivity contribution >= 4 is 11.7 Å². The van der Waals surface area contributed by atoms with Crippen molar-refractivity contribution in [2.45, 2.75) is 56.8 Å². The van der Waals surface area contributed by atoms with E-state index in [9.17, 15) is 4.79 Å². The number of anilines is 1. The highest BCUT2D eigenvalue weighted by atomic mass is 16.5. The first kappa shape index (κ1) is 18.9. The second kappa shape index (κ2) is 7.89. The van der Waals surface area contributed by atoms with E-state index < -0.39 is 6.03 Å². The lowest BCUT2D eigenvalue weighted by molar-refractivity contribution is 0.0564. The number of hydrogen-bond donors (Lipinski definition) is 1. The third-order valence-electron chi connectivity index (χ3n) is 6.05. The number of nitrogens with zero attached hydrogens (tertiary/aromatic N) is 4. The van der Waals surface area contributed by atoms with Crippen LogP contribution in [0.4, 0.5) is 10.5 Å². The number of carbonyl (C=O) groups is 1. The van der Waals surface area contributed by atoms with E-state index in [0.717, 1.165) is 18.5 Å². The van der Waals surface area contributed by atoms with Crippen LogP contribution in [0.3, 0.4) is 0 Å². The Hall–Kier alpha value is -2.45. The Morgan fingerprint density at radius 2 is 2.04 bits per heavy atom. The Labute approximate surface area is 164 Å². The molecule has 2 amide bonds. The molecule has 2 saturated heterocycles. The number of ether oxygens (including phenoxy) is 1. The van der Waals surface area contributed by atoms with E-state index in [1.807, 2.05) is 24.3 Å². The summed E-state index contributed by atoms with van der Waals surface area (Å²) in [5, 5.41) is 3.94. The van der Waals surface area contributed by atoms with Crippen LogP contribution in [-0.4, -0.2) is 53.4 Å². The fourth-order valence-corrected chi connectivity index (χ4v) is 4.71. The van der Waals surface area contributed by atoms with Gasteiger partial charge in [0.2, 0.25) is 0 Å². The molecule has 8 nitrogen and oxygen atoms in total. The van der Waals surface area contributed by atoms with Crippen LogP contribution in [-0.2, 0) is 11.3 Å². The number of piperidine rings is 2. The summed E-state index contributed by atoms with van der Waals surface area (Å²) < 4.78 is 10.5. The topological polar surface area (TPSA) is 97.7 Å². The molecule has 2 aliphatic rings. The zero-order chi connectivity index (χ0) is 19.7. The van der Waals surface area contributed by atoms with Crippen molar-refractivity contribution in [2.75, 3.05) is 19.1 Å². The van der Waals surface area contributed by atoms with Crippen LogP contribution < -0.4 is 10.6 Å². The van der Waals surface area contributed by atoms with E-state index in [4.69, 9.17) is 15.0 Å². The van der Waals surface area contributed by atoms with Crippen LogP contribution in [0, 0.1) is 0 Å². The minimum Gasteiger partial charge on any atom is -0.377 e. The predicted molar refractivity (Wildman–Crippen MR) is 105 cm³/mol. The van der Waals surface area contributed by atoms with Gasteiger partial charge in [0.1, 0.15) is 6.61 Å². The first-order chi connectivity index (χ1) is 13.6. The fourth-order valence-electron chi connectivity index (χ4n) is 4.71. The van der Waals surface area contributed by atoms with Gasteiger partial charge in [-0.1, -0.05) is 23.7 Å². The first-order valence-electron chi connectivity index (χ1n) is 9.80. The molecule has 2 atom stereocenters. The van der Waals surface area contributed by atoms with Gasteiger partial charge >= 0.3 is 6.03 Å². The van der Waals surface area contributed by atoms with Crippen molar-refractivity contribution in [3.8, 4) is 11.5 Å². The lowest BCUT2D eigenvalue weighted by Crippen LogP contribution is -2.57. The van der Waals surface area contributed by atoms with Crippen molar-refractivity contribution in [2.24, 2.45) is 5.73 Å². The lowest BCUT2D eigenvalue weighted by Gasteiger charge is -2.49. The van der Waals surface area contributed by atoms with E-state index in [1.165, 1.54) is 19.3 Å². The molecule has 2 aromatic rings. The number of carbonyl (C=O) groups excluding carboxylic acids is 1. The van der Waals surface area contributed by atoms with Gasteiger partial charge in [-0.3, -0.25) is 4.90 Å². The Morgan fingerprint density at radius 1 is 1.32 bits per heavy atom. The third-order valence-corrected chi connectivity index (χ3v) is 6.05.